The van der Waals surface area contributed by atoms with E-state index in [2.05, 4.69) is 20.3 Å². The van der Waals surface area contributed by atoms with Gasteiger partial charge < -0.3 is 14.8 Å². The molecule has 1 aromatic heterocycles. The Labute approximate surface area is 144 Å². The van der Waals surface area contributed by atoms with Crippen molar-refractivity contribution < 1.29 is 13.9 Å². The molecular weight excluding hydrogens is 323 g/mol. The van der Waals surface area contributed by atoms with Crippen molar-refractivity contribution in [2.45, 2.75) is 6.61 Å². The molecule has 1 N–H and O–H groups in total. The first-order valence-corrected chi connectivity index (χ1v) is 7.57. The summed E-state index contributed by atoms with van der Waals surface area (Å²) in [6.07, 6.45) is 1.40. The first-order chi connectivity index (χ1) is 12.2. The molecular formula is C18H17FN4O2. The molecule has 2 aromatic carbocycles. The molecule has 0 saturated carbocycles. The number of hydrogen-bond donors (Lipinski definition) is 1. The minimum Gasteiger partial charge on any atom is -0.496 e. The third-order valence-electron chi connectivity index (χ3n) is 3.47. The van der Waals surface area contributed by atoms with Crippen molar-refractivity contribution in [2.24, 2.45) is 0 Å². The highest BCUT2D eigenvalue weighted by Crippen LogP contribution is 2.28. The molecule has 6 nitrogen and oxygen atoms in total. The number of rotatable bonds is 6. The van der Waals surface area contributed by atoms with Gasteiger partial charge in [0.05, 0.1) is 19.3 Å². The fourth-order valence-corrected chi connectivity index (χ4v) is 2.37. The second-order valence-corrected chi connectivity index (χ2v) is 5.24. The van der Waals surface area contributed by atoms with E-state index in [0.29, 0.717) is 29.7 Å². The second kappa shape index (κ2) is 7.67. The fraction of sp³-hybridized carbons (Fsp3) is 0.167. The third kappa shape index (κ3) is 4.07. The van der Waals surface area contributed by atoms with Crippen LogP contribution in [0.2, 0.25) is 0 Å². The predicted molar refractivity (Wildman–Crippen MR) is 92.2 cm³/mol. The fourth-order valence-electron chi connectivity index (χ4n) is 2.37. The molecule has 0 amide bonds. The molecule has 0 radical (unpaired) electrons. The van der Waals surface area contributed by atoms with Crippen LogP contribution in [0.5, 0.6) is 5.75 Å². The molecule has 0 spiro atoms. The Morgan fingerprint density at radius 3 is 2.76 bits per heavy atom. The van der Waals surface area contributed by atoms with Crippen LogP contribution in [0.1, 0.15) is 5.56 Å². The lowest BCUT2D eigenvalue weighted by molar-refractivity contribution is 0.185. The van der Waals surface area contributed by atoms with Crippen LogP contribution in [0.3, 0.4) is 0 Å². The first kappa shape index (κ1) is 16.8. The summed E-state index contributed by atoms with van der Waals surface area (Å²) in [4.78, 5) is 12.7. The molecule has 0 saturated heterocycles. The summed E-state index contributed by atoms with van der Waals surface area (Å²) in [6.45, 7) is 0.519. The van der Waals surface area contributed by atoms with Crippen LogP contribution >= 0.6 is 0 Å². The molecule has 128 valence electrons. The van der Waals surface area contributed by atoms with Crippen LogP contribution in [-0.2, 0) is 11.3 Å². The lowest BCUT2D eigenvalue weighted by Gasteiger charge is -2.09. The molecule has 0 aliphatic heterocycles. The van der Waals surface area contributed by atoms with E-state index in [1.54, 1.807) is 13.2 Å². The number of benzene rings is 2. The van der Waals surface area contributed by atoms with Crippen LogP contribution in [0.15, 0.2) is 48.8 Å². The Morgan fingerprint density at radius 1 is 1.08 bits per heavy atom. The summed E-state index contributed by atoms with van der Waals surface area (Å²) in [7, 11) is 3.12. The number of nitrogens with zero attached hydrogens (tertiary/aromatic N) is 3. The summed E-state index contributed by atoms with van der Waals surface area (Å²) < 4.78 is 23.7. The normalized spacial score (nSPS) is 10.5. The van der Waals surface area contributed by atoms with E-state index in [1.807, 2.05) is 24.3 Å². The quantitative estimate of drug-likeness (QED) is 0.740. The number of methoxy groups -OCH3 is 2. The van der Waals surface area contributed by atoms with Gasteiger partial charge in [-0.05, 0) is 29.8 Å². The SMILES string of the molecule is COCc1cccc(Nc2ncnc(-c3ccc(F)cc3OC)n2)c1. The van der Waals surface area contributed by atoms with Crippen molar-refractivity contribution >= 4 is 11.6 Å². The maximum Gasteiger partial charge on any atom is 0.230 e. The van der Waals surface area contributed by atoms with Gasteiger partial charge in [0, 0.05) is 18.9 Å². The van der Waals surface area contributed by atoms with Crippen molar-refractivity contribution in [1.29, 1.82) is 0 Å². The van der Waals surface area contributed by atoms with E-state index in [4.69, 9.17) is 9.47 Å². The van der Waals surface area contributed by atoms with Gasteiger partial charge in [0.1, 0.15) is 17.9 Å². The van der Waals surface area contributed by atoms with Gasteiger partial charge in [-0.2, -0.15) is 4.98 Å². The highest BCUT2D eigenvalue weighted by Gasteiger charge is 2.11. The van der Waals surface area contributed by atoms with Gasteiger partial charge in [-0.3, -0.25) is 0 Å². The minimum absolute atomic E-state index is 0.360. The third-order valence-corrected chi connectivity index (χ3v) is 3.47. The summed E-state index contributed by atoms with van der Waals surface area (Å²) >= 11 is 0. The predicted octanol–water partition coefficient (Wildman–Crippen LogP) is 3.58. The molecule has 0 atom stereocenters. The molecule has 0 aliphatic rings. The first-order valence-electron chi connectivity index (χ1n) is 7.57. The Bertz CT molecular complexity index is 873. The highest BCUT2D eigenvalue weighted by atomic mass is 19.1. The average Bonchev–Trinajstić information content (AvgIpc) is 2.62. The molecule has 0 unspecified atom stereocenters. The van der Waals surface area contributed by atoms with Gasteiger partial charge in [0.15, 0.2) is 5.82 Å². The summed E-state index contributed by atoms with van der Waals surface area (Å²) in [5.41, 5.74) is 2.45. The Morgan fingerprint density at radius 2 is 1.96 bits per heavy atom. The Balaban J connectivity index is 1.88. The van der Waals surface area contributed by atoms with Crippen LogP contribution in [0.25, 0.3) is 11.4 Å². The number of aromatic nitrogens is 3. The van der Waals surface area contributed by atoms with Crippen LogP contribution in [0, 0.1) is 5.82 Å². The minimum atomic E-state index is -0.386. The smallest absolute Gasteiger partial charge is 0.230 e. The van der Waals surface area contributed by atoms with Gasteiger partial charge in [-0.25, -0.2) is 14.4 Å². The molecule has 0 aliphatic carbocycles. The van der Waals surface area contributed by atoms with Gasteiger partial charge in [-0.15, -0.1) is 0 Å². The Hall–Kier alpha value is -3.06. The summed E-state index contributed by atoms with van der Waals surface area (Å²) in [5, 5.41) is 3.13. The number of halogens is 1. The maximum atomic E-state index is 13.4. The number of ether oxygens (including phenoxy) is 2. The van der Waals surface area contributed by atoms with E-state index in [-0.39, 0.29) is 5.82 Å². The zero-order valence-corrected chi connectivity index (χ0v) is 13.9. The van der Waals surface area contributed by atoms with Gasteiger partial charge in [0.2, 0.25) is 5.95 Å². The van der Waals surface area contributed by atoms with Crippen molar-refractivity contribution in [3.8, 4) is 17.1 Å². The van der Waals surface area contributed by atoms with Gasteiger partial charge >= 0.3 is 0 Å². The molecule has 7 heteroatoms. The van der Waals surface area contributed by atoms with Crippen LogP contribution in [0.4, 0.5) is 16.0 Å². The average molecular weight is 340 g/mol. The van der Waals surface area contributed by atoms with Crippen LogP contribution in [-0.4, -0.2) is 29.2 Å². The van der Waals surface area contributed by atoms with Crippen molar-refractivity contribution in [3.05, 3.63) is 60.2 Å². The van der Waals surface area contributed by atoms with E-state index in [0.717, 1.165) is 11.3 Å². The molecule has 3 aromatic rings. The summed E-state index contributed by atoms with van der Waals surface area (Å²) in [5.74, 6) is 0.746. The monoisotopic (exact) mass is 340 g/mol. The largest absolute Gasteiger partial charge is 0.496 e. The number of nitrogens with one attached hydrogen (secondary N) is 1. The van der Waals surface area contributed by atoms with Crippen molar-refractivity contribution in [2.75, 3.05) is 19.5 Å². The Kier molecular flexibility index (Phi) is 5.15. The zero-order chi connectivity index (χ0) is 17.6. The van der Waals surface area contributed by atoms with Gasteiger partial charge in [0.25, 0.3) is 0 Å². The highest BCUT2D eigenvalue weighted by molar-refractivity contribution is 5.65. The van der Waals surface area contributed by atoms with E-state index in [1.165, 1.54) is 25.6 Å². The second-order valence-electron chi connectivity index (χ2n) is 5.24. The van der Waals surface area contributed by atoms with E-state index < -0.39 is 0 Å². The van der Waals surface area contributed by atoms with Crippen molar-refractivity contribution in [3.63, 3.8) is 0 Å². The lowest BCUT2D eigenvalue weighted by Crippen LogP contribution is -2.01. The maximum absolute atomic E-state index is 13.4. The molecule has 3 rings (SSSR count). The van der Waals surface area contributed by atoms with E-state index >= 15 is 0 Å². The number of hydrogen-bond acceptors (Lipinski definition) is 6. The van der Waals surface area contributed by atoms with Gasteiger partial charge in [-0.1, -0.05) is 12.1 Å². The summed E-state index contributed by atoms with van der Waals surface area (Å²) in [6, 6.07) is 11.9. The van der Waals surface area contributed by atoms with Crippen molar-refractivity contribution in [1.82, 2.24) is 15.0 Å². The van der Waals surface area contributed by atoms with E-state index in [9.17, 15) is 4.39 Å². The zero-order valence-electron chi connectivity index (χ0n) is 13.9. The van der Waals surface area contributed by atoms with Crippen LogP contribution < -0.4 is 10.1 Å². The standard InChI is InChI=1S/C18H17FN4O2/c1-24-10-12-4-3-5-14(8-12)22-18-21-11-20-17(23-18)15-7-6-13(19)9-16(15)25-2/h3-9,11H,10H2,1-2H3,(H,20,21,22,23). The lowest BCUT2D eigenvalue weighted by atomic mass is 10.2. The number of anilines is 2. The molecule has 0 bridgehead atoms. The molecule has 1 heterocycles. The molecule has 25 heavy (non-hydrogen) atoms. The topological polar surface area (TPSA) is 69.2 Å². The molecule has 0 fully saturated rings.